The summed E-state index contributed by atoms with van der Waals surface area (Å²) in [5.41, 5.74) is 0. The average Bonchev–Trinajstić information content (AvgIpc) is 1.65. The molecule has 2 atom stereocenters. The highest BCUT2D eigenvalue weighted by molar-refractivity contribution is 4.78. The molecule has 0 bridgehead atoms. The van der Waals surface area contributed by atoms with Gasteiger partial charge in [-0.1, -0.05) is 13.0 Å². The van der Waals surface area contributed by atoms with Crippen LogP contribution in [0.5, 0.6) is 0 Å². The van der Waals surface area contributed by atoms with Crippen LogP contribution in [0.3, 0.4) is 0 Å². The van der Waals surface area contributed by atoms with Crippen molar-refractivity contribution in [2.45, 2.75) is 20.0 Å². The molecule has 0 spiro atoms. The number of aliphatic hydroxyl groups excluding tert-OH is 1. The number of rotatable bonds is 2. The van der Waals surface area contributed by atoms with E-state index in [1.54, 1.807) is 13.0 Å². The minimum atomic E-state index is -0.252. The van der Waals surface area contributed by atoms with Gasteiger partial charge in [-0.15, -0.1) is 6.58 Å². The van der Waals surface area contributed by atoms with Gasteiger partial charge in [0.2, 0.25) is 0 Å². The molecule has 42 valence electrons. The van der Waals surface area contributed by atoms with Gasteiger partial charge in [0.25, 0.3) is 0 Å². The van der Waals surface area contributed by atoms with Crippen molar-refractivity contribution in [3.63, 3.8) is 0 Å². The molecule has 1 N–H and O–H groups in total. The van der Waals surface area contributed by atoms with E-state index in [1.165, 1.54) is 0 Å². The van der Waals surface area contributed by atoms with Gasteiger partial charge in [0.05, 0.1) is 6.10 Å². The highest BCUT2D eigenvalue weighted by Gasteiger charge is 2.00. The zero-order chi connectivity index (χ0) is 5.86. The average molecular weight is 100 g/mol. The minimum absolute atomic E-state index is 0.222. The zero-order valence-electron chi connectivity index (χ0n) is 4.89. The Morgan fingerprint density at radius 1 is 1.57 bits per heavy atom. The first-order valence-corrected chi connectivity index (χ1v) is 2.49. The van der Waals surface area contributed by atoms with E-state index in [4.69, 9.17) is 5.11 Å². The Bertz CT molecular complexity index is 57.2. The molecule has 0 aliphatic rings. The van der Waals surface area contributed by atoms with Crippen LogP contribution in [0.15, 0.2) is 12.7 Å². The molecule has 0 saturated carbocycles. The fourth-order valence-corrected chi connectivity index (χ4v) is 0.197. The van der Waals surface area contributed by atoms with Crippen LogP contribution < -0.4 is 0 Å². The Balaban J connectivity index is 3.33. The van der Waals surface area contributed by atoms with E-state index in [1.807, 2.05) is 6.92 Å². The predicted molar refractivity (Wildman–Crippen MR) is 31.0 cm³/mol. The Morgan fingerprint density at radius 2 is 2.00 bits per heavy atom. The maximum absolute atomic E-state index is 8.75. The van der Waals surface area contributed by atoms with Gasteiger partial charge in [-0.2, -0.15) is 0 Å². The van der Waals surface area contributed by atoms with E-state index >= 15 is 0 Å². The van der Waals surface area contributed by atoms with Crippen LogP contribution in [-0.2, 0) is 0 Å². The van der Waals surface area contributed by atoms with Crippen molar-refractivity contribution < 1.29 is 5.11 Å². The van der Waals surface area contributed by atoms with Crippen LogP contribution in [0.1, 0.15) is 13.8 Å². The normalized spacial score (nSPS) is 18.1. The Morgan fingerprint density at radius 3 is 2.00 bits per heavy atom. The summed E-state index contributed by atoms with van der Waals surface area (Å²) < 4.78 is 0. The first-order valence-electron chi connectivity index (χ1n) is 2.49. The molecule has 7 heavy (non-hydrogen) atoms. The van der Waals surface area contributed by atoms with E-state index in [2.05, 4.69) is 6.58 Å². The smallest absolute Gasteiger partial charge is 0.0571 e. The molecule has 0 unspecified atom stereocenters. The third kappa shape index (κ3) is 2.40. The summed E-state index contributed by atoms with van der Waals surface area (Å²) in [5.74, 6) is 0.222. The SMILES string of the molecule is C=C[C@H](C)[C@@H](C)O. The van der Waals surface area contributed by atoms with Gasteiger partial charge in [0.1, 0.15) is 0 Å². The molecular formula is C6H12O. The first-order chi connectivity index (χ1) is 3.18. The molecule has 1 heteroatoms. The highest BCUT2D eigenvalue weighted by atomic mass is 16.3. The van der Waals surface area contributed by atoms with Gasteiger partial charge in [-0.25, -0.2) is 0 Å². The fraction of sp³-hybridized carbons (Fsp3) is 0.667. The molecule has 0 amide bonds. The van der Waals surface area contributed by atoms with Crippen molar-refractivity contribution in [1.82, 2.24) is 0 Å². The van der Waals surface area contributed by atoms with Gasteiger partial charge >= 0.3 is 0 Å². The lowest BCUT2D eigenvalue weighted by Crippen LogP contribution is -2.08. The lowest BCUT2D eigenvalue weighted by atomic mass is 10.1. The summed E-state index contributed by atoms with van der Waals surface area (Å²) in [6, 6.07) is 0. The molecule has 0 aromatic heterocycles. The molecule has 0 aromatic carbocycles. The fourth-order valence-electron chi connectivity index (χ4n) is 0.197. The highest BCUT2D eigenvalue weighted by Crippen LogP contribution is 2.00. The van der Waals surface area contributed by atoms with E-state index in [9.17, 15) is 0 Å². The number of hydrogen-bond acceptors (Lipinski definition) is 1. The van der Waals surface area contributed by atoms with Gasteiger partial charge in [0.15, 0.2) is 0 Å². The van der Waals surface area contributed by atoms with Crippen molar-refractivity contribution in [1.29, 1.82) is 0 Å². The summed E-state index contributed by atoms with van der Waals surface area (Å²) >= 11 is 0. The van der Waals surface area contributed by atoms with E-state index in [0.717, 1.165) is 0 Å². The molecular weight excluding hydrogens is 88.1 g/mol. The molecule has 0 aromatic rings. The lowest BCUT2D eigenvalue weighted by Gasteiger charge is -2.06. The van der Waals surface area contributed by atoms with Crippen LogP contribution in [0, 0.1) is 5.92 Å². The minimum Gasteiger partial charge on any atom is -0.393 e. The standard InChI is InChI=1S/C6H12O/c1-4-5(2)6(3)7/h4-7H,1H2,2-3H3/t5-,6+/m0/s1. The third-order valence-corrected chi connectivity index (χ3v) is 1.13. The van der Waals surface area contributed by atoms with Gasteiger partial charge < -0.3 is 5.11 Å². The zero-order valence-corrected chi connectivity index (χ0v) is 4.89. The van der Waals surface area contributed by atoms with Gasteiger partial charge in [0, 0.05) is 0 Å². The first kappa shape index (κ1) is 6.70. The second-order valence-electron chi connectivity index (χ2n) is 1.84. The van der Waals surface area contributed by atoms with E-state index < -0.39 is 0 Å². The van der Waals surface area contributed by atoms with Crippen LogP contribution >= 0.6 is 0 Å². The summed E-state index contributed by atoms with van der Waals surface area (Å²) in [6.07, 6.45) is 1.49. The summed E-state index contributed by atoms with van der Waals surface area (Å²) in [5, 5.41) is 8.75. The monoisotopic (exact) mass is 100 g/mol. The largest absolute Gasteiger partial charge is 0.393 e. The number of hydrogen-bond donors (Lipinski definition) is 1. The summed E-state index contributed by atoms with van der Waals surface area (Å²) in [7, 11) is 0. The summed E-state index contributed by atoms with van der Waals surface area (Å²) in [6.45, 7) is 7.21. The van der Waals surface area contributed by atoms with Crippen molar-refractivity contribution in [2.75, 3.05) is 0 Å². The van der Waals surface area contributed by atoms with Crippen LogP contribution in [0.25, 0.3) is 0 Å². The van der Waals surface area contributed by atoms with Crippen molar-refractivity contribution in [3.8, 4) is 0 Å². The quantitative estimate of drug-likeness (QED) is 0.517. The molecule has 0 aliphatic heterocycles. The summed E-state index contributed by atoms with van der Waals surface area (Å²) in [4.78, 5) is 0. The van der Waals surface area contributed by atoms with Crippen molar-refractivity contribution in [2.24, 2.45) is 5.92 Å². The van der Waals surface area contributed by atoms with E-state index in [0.29, 0.717) is 0 Å². The van der Waals surface area contributed by atoms with Gasteiger partial charge in [-0.3, -0.25) is 0 Å². The lowest BCUT2D eigenvalue weighted by molar-refractivity contribution is 0.157. The Hall–Kier alpha value is -0.300. The second-order valence-corrected chi connectivity index (χ2v) is 1.84. The molecule has 0 heterocycles. The molecule has 0 fully saturated rings. The van der Waals surface area contributed by atoms with Crippen molar-refractivity contribution in [3.05, 3.63) is 12.7 Å². The third-order valence-electron chi connectivity index (χ3n) is 1.13. The Labute approximate surface area is 44.7 Å². The van der Waals surface area contributed by atoms with Crippen LogP contribution in [0.4, 0.5) is 0 Å². The van der Waals surface area contributed by atoms with Crippen LogP contribution in [0.2, 0.25) is 0 Å². The van der Waals surface area contributed by atoms with Crippen molar-refractivity contribution >= 4 is 0 Å². The molecule has 0 saturated heterocycles. The maximum Gasteiger partial charge on any atom is 0.0571 e. The molecule has 0 rings (SSSR count). The second kappa shape index (κ2) is 2.80. The van der Waals surface area contributed by atoms with Crippen LogP contribution in [-0.4, -0.2) is 11.2 Å². The number of aliphatic hydroxyl groups is 1. The predicted octanol–water partition coefficient (Wildman–Crippen LogP) is 1.19. The van der Waals surface area contributed by atoms with Gasteiger partial charge in [-0.05, 0) is 12.8 Å². The maximum atomic E-state index is 8.75. The molecule has 0 aliphatic carbocycles. The molecule has 1 nitrogen and oxygen atoms in total. The topological polar surface area (TPSA) is 20.2 Å². The van der Waals surface area contributed by atoms with E-state index in [-0.39, 0.29) is 12.0 Å². The Kier molecular flexibility index (Phi) is 2.68. The molecule has 0 radical (unpaired) electrons.